The molecule has 0 N–H and O–H groups in total. The molecule has 0 aliphatic carbocycles. The molecule has 0 spiro atoms. The van der Waals surface area contributed by atoms with E-state index >= 15 is 0 Å². The standard InChI is InChI=1S/C10H15ClN2S/c1-7(5-11)6-14-10-12-8(2)4-9(3)13-10/h4,7H,5-6H2,1-3H3. The highest BCUT2D eigenvalue weighted by atomic mass is 35.5. The van der Waals surface area contributed by atoms with E-state index in [1.807, 2.05) is 19.9 Å². The minimum Gasteiger partial charge on any atom is -0.228 e. The average molecular weight is 231 g/mol. The molecule has 0 aliphatic rings. The van der Waals surface area contributed by atoms with Gasteiger partial charge in [0.2, 0.25) is 0 Å². The maximum Gasteiger partial charge on any atom is 0.187 e. The van der Waals surface area contributed by atoms with Gasteiger partial charge in [0, 0.05) is 23.0 Å². The SMILES string of the molecule is Cc1cc(C)nc(SCC(C)CCl)n1. The zero-order valence-corrected chi connectivity index (χ0v) is 10.3. The summed E-state index contributed by atoms with van der Waals surface area (Å²) in [7, 11) is 0. The summed E-state index contributed by atoms with van der Waals surface area (Å²) in [6, 6.07) is 1.98. The Balaban J connectivity index is 2.58. The van der Waals surface area contributed by atoms with Crippen LogP contribution in [-0.2, 0) is 0 Å². The molecule has 1 aromatic rings. The van der Waals surface area contributed by atoms with Gasteiger partial charge in [-0.1, -0.05) is 18.7 Å². The normalized spacial score (nSPS) is 12.9. The number of aryl methyl sites for hydroxylation is 2. The van der Waals surface area contributed by atoms with E-state index in [0.717, 1.165) is 22.3 Å². The number of aromatic nitrogens is 2. The van der Waals surface area contributed by atoms with Crippen LogP contribution in [0.1, 0.15) is 18.3 Å². The summed E-state index contributed by atoms with van der Waals surface area (Å²) < 4.78 is 0. The number of nitrogens with zero attached hydrogens (tertiary/aromatic N) is 2. The molecule has 1 atom stereocenters. The Kier molecular flexibility index (Phi) is 4.69. The highest BCUT2D eigenvalue weighted by Crippen LogP contribution is 2.17. The van der Waals surface area contributed by atoms with Crippen molar-refractivity contribution in [2.75, 3.05) is 11.6 Å². The summed E-state index contributed by atoms with van der Waals surface area (Å²) in [5, 5.41) is 0.861. The highest BCUT2D eigenvalue weighted by Gasteiger charge is 2.04. The van der Waals surface area contributed by atoms with Crippen molar-refractivity contribution < 1.29 is 0 Å². The molecule has 14 heavy (non-hydrogen) atoms. The monoisotopic (exact) mass is 230 g/mol. The fraction of sp³-hybridized carbons (Fsp3) is 0.600. The molecule has 4 heteroatoms. The number of alkyl halides is 1. The van der Waals surface area contributed by atoms with Crippen LogP contribution in [0.5, 0.6) is 0 Å². The molecule has 0 saturated carbocycles. The molecule has 0 saturated heterocycles. The van der Waals surface area contributed by atoms with Crippen molar-refractivity contribution in [1.82, 2.24) is 9.97 Å². The van der Waals surface area contributed by atoms with Crippen molar-refractivity contribution in [2.45, 2.75) is 25.9 Å². The second-order valence-corrected chi connectivity index (χ2v) is 4.80. The second-order valence-electron chi connectivity index (χ2n) is 3.50. The maximum absolute atomic E-state index is 5.73. The van der Waals surface area contributed by atoms with Crippen molar-refractivity contribution >= 4 is 23.4 Å². The summed E-state index contributed by atoms with van der Waals surface area (Å²) in [5.74, 6) is 2.18. The average Bonchev–Trinajstić information content (AvgIpc) is 2.12. The van der Waals surface area contributed by atoms with Crippen LogP contribution in [0.25, 0.3) is 0 Å². The van der Waals surface area contributed by atoms with E-state index < -0.39 is 0 Å². The van der Waals surface area contributed by atoms with Crippen LogP contribution in [0, 0.1) is 19.8 Å². The third kappa shape index (κ3) is 3.84. The predicted molar refractivity (Wildman–Crippen MR) is 62.1 cm³/mol. The Bertz CT molecular complexity index is 284. The van der Waals surface area contributed by atoms with E-state index in [1.165, 1.54) is 0 Å². The largest absolute Gasteiger partial charge is 0.228 e. The van der Waals surface area contributed by atoms with E-state index in [-0.39, 0.29) is 0 Å². The first-order valence-corrected chi connectivity index (χ1v) is 6.15. The zero-order valence-electron chi connectivity index (χ0n) is 8.75. The summed E-state index contributed by atoms with van der Waals surface area (Å²) in [5.41, 5.74) is 2.05. The van der Waals surface area contributed by atoms with Crippen molar-refractivity contribution in [3.63, 3.8) is 0 Å². The fourth-order valence-electron chi connectivity index (χ4n) is 1.02. The van der Waals surface area contributed by atoms with Gasteiger partial charge >= 0.3 is 0 Å². The quantitative estimate of drug-likeness (QED) is 0.452. The Morgan fingerprint density at radius 3 is 2.43 bits per heavy atom. The third-order valence-corrected chi connectivity index (χ3v) is 3.43. The number of hydrogen-bond donors (Lipinski definition) is 0. The van der Waals surface area contributed by atoms with E-state index in [2.05, 4.69) is 16.9 Å². The Labute approximate surface area is 94.5 Å². The summed E-state index contributed by atoms with van der Waals surface area (Å²) >= 11 is 7.40. The summed E-state index contributed by atoms with van der Waals surface area (Å²) in [6.45, 7) is 6.11. The van der Waals surface area contributed by atoms with Gasteiger partial charge in [0.1, 0.15) is 0 Å². The van der Waals surface area contributed by atoms with E-state index in [4.69, 9.17) is 11.6 Å². The van der Waals surface area contributed by atoms with Gasteiger partial charge < -0.3 is 0 Å². The summed E-state index contributed by atoms with van der Waals surface area (Å²) in [4.78, 5) is 8.70. The van der Waals surface area contributed by atoms with Crippen LogP contribution in [0.4, 0.5) is 0 Å². The fourth-order valence-corrected chi connectivity index (χ4v) is 2.23. The summed E-state index contributed by atoms with van der Waals surface area (Å²) in [6.07, 6.45) is 0. The number of thioether (sulfide) groups is 1. The topological polar surface area (TPSA) is 25.8 Å². The van der Waals surface area contributed by atoms with Crippen LogP contribution in [0.15, 0.2) is 11.2 Å². The molecule has 0 bridgehead atoms. The predicted octanol–water partition coefficient (Wildman–Crippen LogP) is 3.06. The van der Waals surface area contributed by atoms with Gasteiger partial charge in [-0.2, -0.15) is 0 Å². The molecule has 1 unspecified atom stereocenters. The molecular weight excluding hydrogens is 216 g/mol. The third-order valence-electron chi connectivity index (χ3n) is 1.72. The van der Waals surface area contributed by atoms with Crippen molar-refractivity contribution in [1.29, 1.82) is 0 Å². The Morgan fingerprint density at radius 2 is 1.93 bits per heavy atom. The first kappa shape index (κ1) is 11.8. The Morgan fingerprint density at radius 1 is 1.36 bits per heavy atom. The number of rotatable bonds is 4. The molecule has 0 radical (unpaired) electrons. The van der Waals surface area contributed by atoms with Crippen LogP contribution in [0.3, 0.4) is 0 Å². The molecule has 0 fully saturated rings. The highest BCUT2D eigenvalue weighted by molar-refractivity contribution is 7.99. The maximum atomic E-state index is 5.73. The first-order valence-electron chi connectivity index (χ1n) is 4.63. The molecule has 1 aromatic heterocycles. The lowest BCUT2D eigenvalue weighted by Crippen LogP contribution is -2.01. The Hall–Kier alpha value is -0.280. The van der Waals surface area contributed by atoms with E-state index in [9.17, 15) is 0 Å². The van der Waals surface area contributed by atoms with Gasteiger partial charge in [0.15, 0.2) is 5.16 Å². The minimum atomic E-state index is 0.506. The van der Waals surface area contributed by atoms with Crippen molar-refractivity contribution in [2.24, 2.45) is 5.92 Å². The van der Waals surface area contributed by atoms with Crippen LogP contribution < -0.4 is 0 Å². The first-order chi connectivity index (χ1) is 6.61. The number of halogens is 1. The smallest absolute Gasteiger partial charge is 0.187 e. The van der Waals surface area contributed by atoms with Gasteiger partial charge in [-0.05, 0) is 25.8 Å². The van der Waals surface area contributed by atoms with Crippen LogP contribution in [0.2, 0.25) is 0 Å². The zero-order chi connectivity index (χ0) is 10.6. The molecule has 1 rings (SSSR count). The second kappa shape index (κ2) is 5.56. The van der Waals surface area contributed by atoms with Gasteiger partial charge in [0.25, 0.3) is 0 Å². The van der Waals surface area contributed by atoms with Gasteiger partial charge in [-0.3, -0.25) is 0 Å². The lowest BCUT2D eigenvalue weighted by molar-refractivity contribution is 0.755. The lowest BCUT2D eigenvalue weighted by Gasteiger charge is -2.06. The van der Waals surface area contributed by atoms with Gasteiger partial charge in [-0.15, -0.1) is 11.6 Å². The molecule has 78 valence electrons. The number of hydrogen-bond acceptors (Lipinski definition) is 3. The van der Waals surface area contributed by atoms with Gasteiger partial charge in [-0.25, -0.2) is 9.97 Å². The lowest BCUT2D eigenvalue weighted by atomic mass is 10.3. The molecule has 2 nitrogen and oxygen atoms in total. The molecule has 1 heterocycles. The minimum absolute atomic E-state index is 0.506. The van der Waals surface area contributed by atoms with Crippen molar-refractivity contribution in [3.8, 4) is 0 Å². The molecule has 0 aromatic carbocycles. The van der Waals surface area contributed by atoms with Crippen LogP contribution >= 0.6 is 23.4 Å². The molecule has 0 aliphatic heterocycles. The van der Waals surface area contributed by atoms with Crippen LogP contribution in [-0.4, -0.2) is 21.6 Å². The molecular formula is C10H15ClN2S. The van der Waals surface area contributed by atoms with Crippen molar-refractivity contribution in [3.05, 3.63) is 17.5 Å². The van der Waals surface area contributed by atoms with E-state index in [1.54, 1.807) is 11.8 Å². The van der Waals surface area contributed by atoms with E-state index in [0.29, 0.717) is 11.8 Å². The molecule has 0 amide bonds. The van der Waals surface area contributed by atoms with Gasteiger partial charge in [0.05, 0.1) is 0 Å².